The second-order valence-electron chi connectivity index (χ2n) is 10.6. The summed E-state index contributed by atoms with van der Waals surface area (Å²) in [7, 11) is 0. The highest BCUT2D eigenvalue weighted by Crippen LogP contribution is 2.43. The lowest BCUT2D eigenvalue weighted by atomic mass is 9.82. The molecule has 1 saturated heterocycles. The van der Waals surface area contributed by atoms with E-state index in [1.807, 2.05) is 79.0 Å². The minimum absolute atomic E-state index is 0.129. The first-order valence-corrected chi connectivity index (χ1v) is 12.8. The number of ether oxygens (including phenoxy) is 1. The van der Waals surface area contributed by atoms with E-state index in [0.717, 1.165) is 29.9 Å². The molecule has 0 radical (unpaired) electrons. The molecule has 2 aromatic carbocycles. The zero-order valence-corrected chi connectivity index (χ0v) is 21.7. The van der Waals surface area contributed by atoms with Crippen molar-refractivity contribution in [2.24, 2.45) is 0 Å². The molecule has 2 aliphatic rings. The first kappa shape index (κ1) is 24.6. The van der Waals surface area contributed by atoms with E-state index < -0.39 is 5.60 Å². The molecule has 0 atom stereocenters. The Balaban J connectivity index is 0.000000195. The summed E-state index contributed by atoms with van der Waals surface area (Å²) in [5.74, 6) is 0. The predicted octanol–water partition coefficient (Wildman–Crippen LogP) is 6.19. The van der Waals surface area contributed by atoms with E-state index in [1.54, 1.807) is 0 Å². The quantitative estimate of drug-likeness (QED) is 0.308. The Hall–Kier alpha value is -4.13. The molecular formula is C30H35N5O2. The van der Waals surface area contributed by atoms with Crippen LogP contribution in [0, 0.1) is 0 Å². The average molecular weight is 498 g/mol. The van der Waals surface area contributed by atoms with Crippen molar-refractivity contribution in [1.82, 2.24) is 14.0 Å². The van der Waals surface area contributed by atoms with Crippen LogP contribution >= 0.6 is 0 Å². The van der Waals surface area contributed by atoms with Gasteiger partial charge in [0.1, 0.15) is 5.60 Å². The molecule has 3 N–H and O–H groups in total. The number of fused-ring (bicyclic) bond motifs is 4. The number of nitrogens with one attached hydrogen (secondary N) is 1. The topological polar surface area (TPSA) is 77.4 Å². The van der Waals surface area contributed by atoms with Crippen molar-refractivity contribution in [3.8, 4) is 11.4 Å². The lowest BCUT2D eigenvalue weighted by Gasteiger charge is -2.46. The third-order valence-corrected chi connectivity index (χ3v) is 6.86. The molecule has 0 unspecified atom stereocenters. The molecule has 0 bridgehead atoms. The van der Waals surface area contributed by atoms with Crippen LogP contribution in [0.25, 0.3) is 11.4 Å². The van der Waals surface area contributed by atoms with Gasteiger partial charge in [0.25, 0.3) is 0 Å². The van der Waals surface area contributed by atoms with E-state index in [9.17, 15) is 4.79 Å². The van der Waals surface area contributed by atoms with Gasteiger partial charge in [0.15, 0.2) is 0 Å². The first-order chi connectivity index (χ1) is 17.8. The monoisotopic (exact) mass is 497 g/mol. The average Bonchev–Trinajstić information content (AvgIpc) is 3.58. The number of nitrogens with two attached hydrogens (primary N) is 1. The summed E-state index contributed by atoms with van der Waals surface area (Å²) < 4.78 is 9.79. The standard InChI is InChI=1S/C20H25N3O2.C10H10N2/c1-19(2,3)25-18(24)22-13-10-20(11-14-22)17-9-6-12-23(17)16-8-5-4-7-15(16)21-20;11-9-5-1-2-6-10(9)12-7-3-4-8-12/h4-9,12,21H,10-11,13-14H2,1-3H3;1-8H,11H2. The zero-order chi connectivity index (χ0) is 26.0. The van der Waals surface area contributed by atoms with Crippen molar-refractivity contribution >= 4 is 17.5 Å². The Morgan fingerprint density at radius 3 is 2.19 bits per heavy atom. The number of anilines is 2. The van der Waals surface area contributed by atoms with Gasteiger partial charge in [-0.15, -0.1) is 0 Å². The van der Waals surface area contributed by atoms with Crippen LogP contribution < -0.4 is 11.1 Å². The Kier molecular flexibility index (Phi) is 6.46. The third kappa shape index (κ3) is 5.07. The fourth-order valence-electron chi connectivity index (χ4n) is 5.09. The van der Waals surface area contributed by atoms with Gasteiger partial charge in [0.05, 0.1) is 28.3 Å². The SMILES string of the molecule is CC(C)(C)OC(=O)N1CCC2(CC1)Nc1ccccc1-n1cccc12.Nc1ccccc1-n1cccc1. The van der Waals surface area contributed by atoms with Gasteiger partial charge in [-0.3, -0.25) is 0 Å². The maximum Gasteiger partial charge on any atom is 0.410 e. The Bertz CT molecular complexity index is 1360. The fourth-order valence-corrected chi connectivity index (χ4v) is 5.09. The Labute approximate surface area is 218 Å². The molecule has 7 heteroatoms. The van der Waals surface area contributed by atoms with Crippen molar-refractivity contribution in [2.75, 3.05) is 24.1 Å². The van der Waals surface area contributed by atoms with Crippen LogP contribution in [0.2, 0.25) is 0 Å². The first-order valence-electron chi connectivity index (χ1n) is 12.8. The number of hydrogen-bond donors (Lipinski definition) is 2. The highest BCUT2D eigenvalue weighted by molar-refractivity contribution is 5.70. The lowest BCUT2D eigenvalue weighted by Crippen LogP contribution is -2.51. The van der Waals surface area contributed by atoms with Crippen LogP contribution in [-0.4, -0.2) is 38.8 Å². The molecule has 1 fully saturated rings. The molecule has 7 nitrogen and oxygen atoms in total. The van der Waals surface area contributed by atoms with Gasteiger partial charge in [-0.05, 0) is 82.1 Å². The van der Waals surface area contributed by atoms with E-state index >= 15 is 0 Å². The number of carbonyl (C=O) groups excluding carboxylic acids is 1. The van der Waals surface area contributed by atoms with E-state index in [2.05, 4.69) is 52.5 Å². The summed E-state index contributed by atoms with van der Waals surface area (Å²) in [4.78, 5) is 14.2. The van der Waals surface area contributed by atoms with Gasteiger partial charge in [0, 0.05) is 37.4 Å². The van der Waals surface area contributed by atoms with Gasteiger partial charge < -0.3 is 29.8 Å². The van der Waals surface area contributed by atoms with E-state index in [0.29, 0.717) is 13.1 Å². The van der Waals surface area contributed by atoms with Crippen molar-refractivity contribution in [3.05, 3.63) is 97.1 Å². The fraction of sp³-hybridized carbons (Fsp3) is 0.300. The van der Waals surface area contributed by atoms with Crippen LogP contribution in [0.4, 0.5) is 16.2 Å². The highest BCUT2D eigenvalue weighted by atomic mass is 16.6. The minimum atomic E-state index is -0.455. The number of benzene rings is 2. The van der Waals surface area contributed by atoms with Gasteiger partial charge in [-0.1, -0.05) is 24.3 Å². The van der Waals surface area contributed by atoms with Crippen LogP contribution in [0.1, 0.15) is 39.3 Å². The lowest BCUT2D eigenvalue weighted by molar-refractivity contribution is 0.0172. The highest BCUT2D eigenvalue weighted by Gasteiger charge is 2.42. The maximum atomic E-state index is 12.4. The number of rotatable bonds is 1. The second kappa shape index (κ2) is 9.73. The molecule has 1 spiro atoms. The van der Waals surface area contributed by atoms with Gasteiger partial charge in [-0.25, -0.2) is 4.79 Å². The molecule has 1 amide bonds. The van der Waals surface area contributed by atoms with Crippen LogP contribution in [0.5, 0.6) is 0 Å². The molecule has 4 aromatic rings. The minimum Gasteiger partial charge on any atom is -0.444 e. The molecule has 2 aromatic heterocycles. The van der Waals surface area contributed by atoms with Crippen LogP contribution in [0.3, 0.4) is 0 Å². The molecule has 0 saturated carbocycles. The second-order valence-corrected chi connectivity index (χ2v) is 10.6. The Morgan fingerprint density at radius 1 is 0.865 bits per heavy atom. The number of aromatic nitrogens is 2. The maximum absolute atomic E-state index is 12.4. The molecular weight excluding hydrogens is 462 g/mol. The van der Waals surface area contributed by atoms with E-state index in [4.69, 9.17) is 10.5 Å². The number of para-hydroxylation sites is 4. The van der Waals surface area contributed by atoms with Crippen LogP contribution in [0.15, 0.2) is 91.4 Å². The largest absolute Gasteiger partial charge is 0.444 e. The van der Waals surface area contributed by atoms with Gasteiger partial charge >= 0.3 is 6.09 Å². The molecule has 192 valence electrons. The van der Waals surface area contributed by atoms with Gasteiger partial charge in [-0.2, -0.15) is 0 Å². The molecule has 6 rings (SSSR count). The van der Waals surface area contributed by atoms with Gasteiger partial charge in [0.2, 0.25) is 0 Å². The van der Waals surface area contributed by atoms with Crippen molar-refractivity contribution < 1.29 is 9.53 Å². The number of hydrogen-bond acceptors (Lipinski definition) is 4. The number of nitrogen functional groups attached to an aromatic ring is 1. The smallest absolute Gasteiger partial charge is 0.410 e. The molecule has 37 heavy (non-hydrogen) atoms. The Morgan fingerprint density at radius 2 is 1.51 bits per heavy atom. The summed E-state index contributed by atoms with van der Waals surface area (Å²) in [6.07, 6.45) is 7.60. The van der Waals surface area contributed by atoms with Crippen molar-refractivity contribution in [1.29, 1.82) is 0 Å². The number of nitrogens with zero attached hydrogens (tertiary/aromatic N) is 3. The number of piperidine rings is 1. The summed E-state index contributed by atoms with van der Waals surface area (Å²) in [6.45, 7) is 7.10. The van der Waals surface area contributed by atoms with E-state index in [-0.39, 0.29) is 11.6 Å². The van der Waals surface area contributed by atoms with E-state index in [1.165, 1.54) is 11.4 Å². The number of likely N-dealkylation sites (tertiary alicyclic amines) is 1. The number of carbonyl (C=O) groups is 1. The normalized spacial score (nSPS) is 15.6. The molecule has 0 aliphatic carbocycles. The summed E-state index contributed by atoms with van der Waals surface area (Å²) in [6, 6.07) is 24.4. The summed E-state index contributed by atoms with van der Waals surface area (Å²) in [5.41, 5.74) is 10.6. The zero-order valence-electron chi connectivity index (χ0n) is 21.7. The molecule has 2 aliphatic heterocycles. The predicted molar refractivity (Wildman–Crippen MR) is 148 cm³/mol. The summed E-state index contributed by atoms with van der Waals surface area (Å²) >= 11 is 0. The number of amides is 1. The summed E-state index contributed by atoms with van der Waals surface area (Å²) in [5, 5.41) is 3.76. The molecule has 4 heterocycles. The van der Waals surface area contributed by atoms with Crippen molar-refractivity contribution in [3.63, 3.8) is 0 Å². The van der Waals surface area contributed by atoms with Crippen LogP contribution in [-0.2, 0) is 10.3 Å². The third-order valence-electron chi connectivity index (χ3n) is 6.86. The van der Waals surface area contributed by atoms with Crippen molar-refractivity contribution in [2.45, 2.75) is 44.8 Å².